The van der Waals surface area contributed by atoms with Crippen molar-refractivity contribution in [2.45, 2.75) is 39.0 Å². The van der Waals surface area contributed by atoms with Gasteiger partial charge in [-0.15, -0.1) is 0 Å². The van der Waals surface area contributed by atoms with Gasteiger partial charge in [0, 0.05) is 18.7 Å². The van der Waals surface area contributed by atoms with E-state index >= 15 is 0 Å². The summed E-state index contributed by atoms with van der Waals surface area (Å²) >= 11 is 0. The lowest BCUT2D eigenvalue weighted by Gasteiger charge is -2.30. The number of aryl methyl sites for hydroxylation is 3. The van der Waals surface area contributed by atoms with E-state index in [1.165, 1.54) is 17.2 Å². The molecule has 0 radical (unpaired) electrons. The zero-order valence-electron chi connectivity index (χ0n) is 20.3. The molecule has 1 aliphatic heterocycles. The SMILES string of the molecule is Cc1cc(C2=CCN(CC(=O)CC3CCc4ccccc4CC3)C(c3ccccc3)=C2)ccc1F. The Morgan fingerprint density at radius 2 is 1.60 bits per heavy atom. The first kappa shape index (κ1) is 23.3. The van der Waals surface area contributed by atoms with Crippen molar-refractivity contribution < 1.29 is 9.18 Å². The third kappa shape index (κ3) is 5.45. The molecule has 0 saturated heterocycles. The maximum Gasteiger partial charge on any atom is 0.152 e. The van der Waals surface area contributed by atoms with Crippen molar-refractivity contribution in [1.29, 1.82) is 0 Å². The smallest absolute Gasteiger partial charge is 0.152 e. The molecule has 2 nitrogen and oxygen atoms in total. The van der Waals surface area contributed by atoms with E-state index in [0.29, 0.717) is 36.8 Å². The summed E-state index contributed by atoms with van der Waals surface area (Å²) in [7, 11) is 0. The fourth-order valence-corrected chi connectivity index (χ4v) is 5.37. The number of halogens is 1. The highest BCUT2D eigenvalue weighted by molar-refractivity contribution is 5.88. The molecule has 0 fully saturated rings. The molecule has 5 rings (SSSR count). The number of benzene rings is 3. The second kappa shape index (κ2) is 10.4. The molecule has 178 valence electrons. The largest absolute Gasteiger partial charge is 0.360 e. The van der Waals surface area contributed by atoms with E-state index in [2.05, 4.69) is 53.5 Å². The van der Waals surface area contributed by atoms with Crippen molar-refractivity contribution in [1.82, 2.24) is 4.90 Å². The van der Waals surface area contributed by atoms with Crippen molar-refractivity contribution >= 4 is 17.1 Å². The van der Waals surface area contributed by atoms with Crippen molar-refractivity contribution in [2.24, 2.45) is 5.92 Å². The number of allylic oxidation sites excluding steroid dienone is 2. The lowest BCUT2D eigenvalue weighted by molar-refractivity contribution is -0.120. The highest BCUT2D eigenvalue weighted by atomic mass is 19.1. The third-order valence-corrected chi connectivity index (χ3v) is 7.37. The van der Waals surface area contributed by atoms with Crippen LogP contribution >= 0.6 is 0 Å². The summed E-state index contributed by atoms with van der Waals surface area (Å²) in [5.74, 6) is 0.556. The Bertz CT molecular complexity index is 1250. The number of rotatable bonds is 6. The van der Waals surface area contributed by atoms with Gasteiger partial charge in [-0.1, -0.05) is 66.7 Å². The molecule has 3 aromatic carbocycles. The second-order valence-electron chi connectivity index (χ2n) is 9.85. The van der Waals surface area contributed by atoms with Crippen molar-refractivity contribution in [2.75, 3.05) is 13.1 Å². The monoisotopic (exact) mass is 465 g/mol. The Labute approximate surface area is 207 Å². The van der Waals surface area contributed by atoms with Crippen LogP contribution < -0.4 is 0 Å². The second-order valence-corrected chi connectivity index (χ2v) is 9.85. The molecule has 0 spiro atoms. The Balaban J connectivity index is 1.31. The maximum atomic E-state index is 13.8. The molecule has 0 bridgehead atoms. The van der Waals surface area contributed by atoms with Gasteiger partial charge in [0.15, 0.2) is 5.78 Å². The molecule has 0 unspecified atom stereocenters. The lowest BCUT2D eigenvalue weighted by atomic mass is 9.93. The van der Waals surface area contributed by atoms with Crippen LogP contribution in [0.3, 0.4) is 0 Å². The molecule has 1 aliphatic carbocycles. The Morgan fingerprint density at radius 1 is 0.914 bits per heavy atom. The predicted octanol–water partition coefficient (Wildman–Crippen LogP) is 7.03. The Morgan fingerprint density at radius 3 is 2.29 bits per heavy atom. The van der Waals surface area contributed by atoms with Gasteiger partial charge in [-0.2, -0.15) is 0 Å². The van der Waals surface area contributed by atoms with Gasteiger partial charge in [0.1, 0.15) is 5.82 Å². The van der Waals surface area contributed by atoms with Crippen LogP contribution in [0.15, 0.2) is 84.9 Å². The first-order valence-electron chi connectivity index (χ1n) is 12.6. The van der Waals surface area contributed by atoms with E-state index < -0.39 is 0 Å². The summed E-state index contributed by atoms with van der Waals surface area (Å²) in [6.45, 7) is 2.87. The summed E-state index contributed by atoms with van der Waals surface area (Å²) in [4.78, 5) is 15.4. The quantitative estimate of drug-likeness (QED) is 0.364. The first-order valence-corrected chi connectivity index (χ1v) is 12.6. The molecule has 0 N–H and O–H groups in total. The topological polar surface area (TPSA) is 20.3 Å². The van der Waals surface area contributed by atoms with Gasteiger partial charge >= 0.3 is 0 Å². The number of fused-ring (bicyclic) bond motifs is 1. The molecule has 0 amide bonds. The summed E-state index contributed by atoms with van der Waals surface area (Å²) in [5.41, 5.74) is 7.74. The number of carbonyl (C=O) groups is 1. The fraction of sp³-hybridized carbons (Fsp3) is 0.281. The molecule has 1 heterocycles. The minimum Gasteiger partial charge on any atom is -0.360 e. The van der Waals surface area contributed by atoms with Crippen molar-refractivity contribution in [3.05, 3.63) is 119 Å². The number of carbonyl (C=O) groups excluding carboxylic acids is 1. The van der Waals surface area contributed by atoms with Gasteiger partial charge in [0.05, 0.1) is 6.54 Å². The van der Waals surface area contributed by atoms with E-state index in [1.807, 2.05) is 30.3 Å². The van der Waals surface area contributed by atoms with Gasteiger partial charge in [-0.3, -0.25) is 4.79 Å². The fourth-order valence-electron chi connectivity index (χ4n) is 5.37. The lowest BCUT2D eigenvalue weighted by Crippen LogP contribution is -2.31. The Kier molecular flexibility index (Phi) is 6.94. The van der Waals surface area contributed by atoms with Crippen LogP contribution in [-0.2, 0) is 17.6 Å². The van der Waals surface area contributed by atoms with E-state index in [1.54, 1.807) is 6.92 Å². The van der Waals surface area contributed by atoms with Crippen LogP contribution in [0.25, 0.3) is 11.3 Å². The number of Topliss-reactive ketones (excluding diaryl/α,β-unsaturated/α-hetero) is 1. The van der Waals surface area contributed by atoms with Gasteiger partial charge < -0.3 is 4.90 Å². The van der Waals surface area contributed by atoms with E-state index in [0.717, 1.165) is 48.1 Å². The Hall–Kier alpha value is -3.46. The molecule has 0 atom stereocenters. The average molecular weight is 466 g/mol. The molecule has 0 aromatic heterocycles. The molecular formula is C32H32FNO. The van der Waals surface area contributed by atoms with E-state index in [-0.39, 0.29) is 5.82 Å². The minimum absolute atomic E-state index is 0.189. The zero-order chi connectivity index (χ0) is 24.2. The van der Waals surface area contributed by atoms with Gasteiger partial charge in [0.25, 0.3) is 0 Å². The van der Waals surface area contributed by atoms with E-state index in [4.69, 9.17) is 0 Å². The maximum absolute atomic E-state index is 13.8. The molecule has 35 heavy (non-hydrogen) atoms. The first-order chi connectivity index (χ1) is 17.1. The molecule has 0 saturated carbocycles. The van der Waals surface area contributed by atoms with Gasteiger partial charge in [-0.05, 0) is 90.1 Å². The normalized spacial score (nSPS) is 16.2. The minimum atomic E-state index is -0.189. The highest BCUT2D eigenvalue weighted by Crippen LogP contribution is 2.31. The number of hydrogen-bond donors (Lipinski definition) is 0. The van der Waals surface area contributed by atoms with Gasteiger partial charge in [-0.25, -0.2) is 4.39 Å². The predicted molar refractivity (Wildman–Crippen MR) is 141 cm³/mol. The molecular weight excluding hydrogens is 433 g/mol. The van der Waals surface area contributed by atoms with Crippen LogP contribution in [0.2, 0.25) is 0 Å². The summed E-state index contributed by atoms with van der Waals surface area (Å²) < 4.78 is 13.8. The average Bonchev–Trinajstić information content (AvgIpc) is 3.09. The summed E-state index contributed by atoms with van der Waals surface area (Å²) in [6, 6.07) is 24.2. The number of hydrogen-bond acceptors (Lipinski definition) is 2. The van der Waals surface area contributed by atoms with E-state index in [9.17, 15) is 9.18 Å². The standard InChI is InChI=1S/C32H32FNO/c1-23-19-28(15-16-31(23)33)29-17-18-34(32(21-29)27-9-3-2-4-10-27)22-30(35)20-24-11-13-25-7-5-6-8-26(25)14-12-24/h2-10,15-17,19,21,24H,11-14,18,20,22H2,1H3. The molecule has 2 aliphatic rings. The van der Waals surface area contributed by atoms with Crippen LogP contribution in [0.5, 0.6) is 0 Å². The molecule has 3 heteroatoms. The van der Waals surface area contributed by atoms with Crippen LogP contribution in [0, 0.1) is 18.7 Å². The molecule has 3 aromatic rings. The van der Waals surface area contributed by atoms with Crippen LogP contribution in [0.1, 0.15) is 47.1 Å². The summed E-state index contributed by atoms with van der Waals surface area (Å²) in [6.07, 6.45) is 9.22. The zero-order valence-corrected chi connectivity index (χ0v) is 20.3. The highest BCUT2D eigenvalue weighted by Gasteiger charge is 2.23. The third-order valence-electron chi connectivity index (χ3n) is 7.37. The van der Waals surface area contributed by atoms with Crippen LogP contribution in [0.4, 0.5) is 4.39 Å². The summed E-state index contributed by atoms with van der Waals surface area (Å²) in [5, 5.41) is 0. The van der Waals surface area contributed by atoms with Crippen LogP contribution in [-0.4, -0.2) is 23.8 Å². The number of nitrogens with zero attached hydrogens (tertiary/aromatic N) is 1. The van der Waals surface area contributed by atoms with Crippen molar-refractivity contribution in [3.8, 4) is 0 Å². The van der Waals surface area contributed by atoms with Gasteiger partial charge in [0.2, 0.25) is 0 Å². The van der Waals surface area contributed by atoms with Crippen molar-refractivity contribution in [3.63, 3.8) is 0 Å². The number of ketones is 1.